The van der Waals surface area contributed by atoms with Gasteiger partial charge in [0.1, 0.15) is 12.4 Å². The zero-order valence-electron chi connectivity index (χ0n) is 18.4. The fourth-order valence-electron chi connectivity index (χ4n) is 4.22. The molecule has 0 aliphatic carbocycles. The minimum atomic E-state index is -0.253. The van der Waals surface area contributed by atoms with Crippen molar-refractivity contribution >= 4 is 35.0 Å². The Bertz CT molecular complexity index is 1270. The van der Waals surface area contributed by atoms with E-state index in [1.807, 2.05) is 78.9 Å². The quantitative estimate of drug-likeness (QED) is 0.432. The number of thioether (sulfide) groups is 1. The number of carbonyl (C=O) groups excluding carboxylic acids is 1. The second-order valence-electron chi connectivity index (χ2n) is 8.15. The smallest absolute Gasteiger partial charge is 0.229 e. The van der Waals surface area contributed by atoms with Gasteiger partial charge in [0.15, 0.2) is 0 Å². The number of nitriles is 1. The number of nitrogens with zero attached hydrogens (tertiary/aromatic N) is 3. The van der Waals surface area contributed by atoms with Crippen molar-refractivity contribution in [2.45, 2.75) is 18.9 Å². The van der Waals surface area contributed by atoms with Crippen LogP contribution in [0.25, 0.3) is 0 Å². The predicted octanol–water partition coefficient (Wildman–Crippen LogP) is 6.14. The molecule has 2 heterocycles. The third-order valence-corrected chi connectivity index (χ3v) is 7.57. The van der Waals surface area contributed by atoms with Crippen LogP contribution in [0, 0.1) is 11.3 Å². The number of allylic oxidation sites excluding steroid dienone is 1. The highest BCUT2D eigenvalue weighted by Crippen LogP contribution is 2.43. The van der Waals surface area contributed by atoms with Crippen LogP contribution in [0.5, 0.6) is 5.75 Å². The van der Waals surface area contributed by atoms with Crippen molar-refractivity contribution in [2.24, 2.45) is 0 Å². The van der Waals surface area contributed by atoms with Crippen molar-refractivity contribution < 1.29 is 9.53 Å². The number of anilines is 1. The average molecular weight is 488 g/mol. The van der Waals surface area contributed by atoms with E-state index in [0.29, 0.717) is 35.5 Å². The van der Waals surface area contributed by atoms with Gasteiger partial charge < -0.3 is 9.64 Å². The molecule has 0 unspecified atom stereocenters. The molecule has 0 aromatic heterocycles. The third-order valence-electron chi connectivity index (χ3n) is 6.05. The maximum Gasteiger partial charge on any atom is 0.229 e. The van der Waals surface area contributed by atoms with Crippen LogP contribution in [0.3, 0.4) is 0 Å². The summed E-state index contributed by atoms with van der Waals surface area (Å²) in [5, 5.41) is 11.5. The van der Waals surface area contributed by atoms with E-state index in [9.17, 15) is 10.1 Å². The summed E-state index contributed by atoms with van der Waals surface area (Å²) in [4.78, 5) is 17.0. The Hall–Kier alpha value is -3.40. The number of halogens is 1. The maximum absolute atomic E-state index is 13.1. The highest BCUT2D eigenvalue weighted by molar-refractivity contribution is 8.03. The van der Waals surface area contributed by atoms with Crippen LogP contribution in [0.1, 0.15) is 23.5 Å². The van der Waals surface area contributed by atoms with E-state index in [-0.39, 0.29) is 18.2 Å². The molecular weight excluding hydrogens is 466 g/mol. The van der Waals surface area contributed by atoms with E-state index >= 15 is 0 Å². The standard InChI is InChI=1S/C27H22ClN3O2S/c28-25-9-5-4-6-20(25)16-33-22-12-10-19(11-13-22)23-14-26(32)31-17-30(21-7-2-1-3-8-21)18-34-27(31)24(23)15-29/h1-13,23H,14,16-18H2/t23-/m0/s1. The van der Waals surface area contributed by atoms with Gasteiger partial charge in [0.25, 0.3) is 0 Å². The largest absolute Gasteiger partial charge is 0.489 e. The van der Waals surface area contributed by atoms with Gasteiger partial charge in [-0.3, -0.25) is 9.69 Å². The van der Waals surface area contributed by atoms with Gasteiger partial charge >= 0.3 is 0 Å². The van der Waals surface area contributed by atoms with E-state index in [1.165, 1.54) is 0 Å². The molecule has 1 atom stereocenters. The molecule has 0 saturated carbocycles. The molecule has 7 heteroatoms. The third kappa shape index (κ3) is 4.50. The van der Waals surface area contributed by atoms with Crippen molar-refractivity contribution in [3.05, 3.63) is 106 Å². The SMILES string of the molecule is N#CC1=C2SCN(c3ccccc3)CN2C(=O)C[C@H]1c1ccc(OCc2ccccc2Cl)cc1. The molecule has 0 spiro atoms. The molecule has 1 saturated heterocycles. The highest BCUT2D eigenvalue weighted by atomic mass is 35.5. The molecule has 0 N–H and O–H groups in total. The summed E-state index contributed by atoms with van der Waals surface area (Å²) in [5.41, 5.74) is 3.58. The number of hydrogen-bond acceptors (Lipinski definition) is 5. The molecule has 2 aliphatic rings. The minimum Gasteiger partial charge on any atom is -0.489 e. The Labute approximate surface area is 208 Å². The molecule has 5 nitrogen and oxygen atoms in total. The number of amides is 1. The molecule has 3 aromatic carbocycles. The van der Waals surface area contributed by atoms with Gasteiger partial charge in [-0.15, -0.1) is 0 Å². The zero-order valence-corrected chi connectivity index (χ0v) is 19.9. The molecule has 34 heavy (non-hydrogen) atoms. The van der Waals surface area contributed by atoms with Crippen LogP contribution in [-0.2, 0) is 11.4 Å². The summed E-state index contributed by atoms with van der Waals surface area (Å²) < 4.78 is 5.88. The molecular formula is C27H22ClN3O2S. The number of hydrogen-bond donors (Lipinski definition) is 0. The number of carbonyl (C=O) groups is 1. The van der Waals surface area contributed by atoms with Crippen LogP contribution in [0.4, 0.5) is 5.69 Å². The van der Waals surface area contributed by atoms with Crippen LogP contribution < -0.4 is 9.64 Å². The Kier molecular flexibility index (Phi) is 6.48. The van der Waals surface area contributed by atoms with E-state index in [4.69, 9.17) is 16.3 Å². The number of benzene rings is 3. The van der Waals surface area contributed by atoms with Gasteiger partial charge in [0, 0.05) is 28.6 Å². The summed E-state index contributed by atoms with van der Waals surface area (Å²) in [6.45, 7) is 0.829. The number of para-hydroxylation sites is 1. The van der Waals surface area contributed by atoms with E-state index in [2.05, 4.69) is 11.0 Å². The summed E-state index contributed by atoms with van der Waals surface area (Å²) in [6.07, 6.45) is 0.273. The molecule has 0 bridgehead atoms. The van der Waals surface area contributed by atoms with Crippen molar-refractivity contribution in [3.63, 3.8) is 0 Å². The van der Waals surface area contributed by atoms with Gasteiger partial charge in [0.2, 0.25) is 5.91 Å². The molecule has 2 aliphatic heterocycles. The average Bonchev–Trinajstić information content (AvgIpc) is 2.89. The first kappa shape index (κ1) is 22.4. The van der Waals surface area contributed by atoms with Crippen molar-refractivity contribution in [1.82, 2.24) is 4.90 Å². The second kappa shape index (κ2) is 9.84. The van der Waals surface area contributed by atoms with Crippen LogP contribution in [0.2, 0.25) is 5.02 Å². The first-order valence-electron chi connectivity index (χ1n) is 11.0. The number of fused-ring (bicyclic) bond motifs is 1. The first-order valence-corrected chi connectivity index (χ1v) is 12.3. The fraction of sp³-hybridized carbons (Fsp3) is 0.185. The molecule has 1 amide bonds. The molecule has 1 fully saturated rings. The Morgan fingerprint density at radius 2 is 1.76 bits per heavy atom. The van der Waals surface area contributed by atoms with Gasteiger partial charge in [-0.05, 0) is 35.9 Å². The van der Waals surface area contributed by atoms with Crippen LogP contribution >= 0.6 is 23.4 Å². The summed E-state index contributed by atoms with van der Waals surface area (Å²) >= 11 is 7.75. The van der Waals surface area contributed by atoms with Gasteiger partial charge in [-0.25, -0.2) is 0 Å². The second-order valence-corrected chi connectivity index (χ2v) is 9.49. The van der Waals surface area contributed by atoms with Gasteiger partial charge in [0.05, 0.1) is 29.2 Å². The molecule has 3 aromatic rings. The lowest BCUT2D eigenvalue weighted by atomic mass is 9.86. The predicted molar refractivity (Wildman–Crippen MR) is 135 cm³/mol. The van der Waals surface area contributed by atoms with E-state index < -0.39 is 0 Å². The van der Waals surface area contributed by atoms with Crippen molar-refractivity contribution in [2.75, 3.05) is 17.4 Å². The maximum atomic E-state index is 13.1. The van der Waals surface area contributed by atoms with Crippen molar-refractivity contribution in [1.29, 1.82) is 5.26 Å². The van der Waals surface area contributed by atoms with E-state index in [0.717, 1.165) is 21.8 Å². The molecule has 5 rings (SSSR count). The molecule has 170 valence electrons. The Balaban J connectivity index is 1.33. The Morgan fingerprint density at radius 3 is 2.50 bits per heavy atom. The minimum absolute atomic E-state index is 0.0335. The summed E-state index contributed by atoms with van der Waals surface area (Å²) in [7, 11) is 0. The topological polar surface area (TPSA) is 56.6 Å². The lowest BCUT2D eigenvalue weighted by molar-refractivity contribution is -0.129. The Morgan fingerprint density at radius 1 is 1.03 bits per heavy atom. The number of rotatable bonds is 5. The van der Waals surface area contributed by atoms with Crippen LogP contribution in [-0.4, -0.2) is 23.4 Å². The summed E-state index contributed by atoms with van der Waals surface area (Å²) in [5.74, 6) is 1.18. The first-order chi connectivity index (χ1) is 16.6. The summed E-state index contributed by atoms with van der Waals surface area (Å²) in [6, 6.07) is 27.7. The monoisotopic (exact) mass is 487 g/mol. The lowest BCUT2D eigenvalue weighted by Gasteiger charge is -2.42. The number of ether oxygens (including phenoxy) is 1. The van der Waals surface area contributed by atoms with Gasteiger partial charge in [-0.2, -0.15) is 5.26 Å². The van der Waals surface area contributed by atoms with Crippen molar-refractivity contribution in [3.8, 4) is 11.8 Å². The van der Waals surface area contributed by atoms with E-state index in [1.54, 1.807) is 16.7 Å². The normalized spacial score (nSPS) is 17.9. The molecule has 0 radical (unpaired) electrons. The van der Waals surface area contributed by atoms with Gasteiger partial charge in [-0.1, -0.05) is 71.9 Å². The fourth-order valence-corrected chi connectivity index (χ4v) is 5.58. The van der Waals surface area contributed by atoms with Crippen LogP contribution in [0.15, 0.2) is 89.5 Å². The highest BCUT2D eigenvalue weighted by Gasteiger charge is 2.38. The zero-order chi connectivity index (χ0) is 23.5. The lowest BCUT2D eigenvalue weighted by Crippen LogP contribution is -2.47.